The van der Waals surface area contributed by atoms with Crippen LogP contribution in [0.3, 0.4) is 0 Å². The SMILES string of the molecule is CCc1ccc(-n2c(C)nnc2[C@H]2CC[C@H](Oc3ccccn3)CC2)c(F)c1. The average molecular weight is 380 g/mol. The Morgan fingerprint density at radius 3 is 2.61 bits per heavy atom. The summed E-state index contributed by atoms with van der Waals surface area (Å²) >= 11 is 0. The van der Waals surface area contributed by atoms with Crippen LogP contribution in [0.5, 0.6) is 5.88 Å². The van der Waals surface area contributed by atoms with Gasteiger partial charge in [-0.25, -0.2) is 9.37 Å². The Balaban J connectivity index is 1.51. The van der Waals surface area contributed by atoms with Crippen molar-refractivity contribution in [1.29, 1.82) is 0 Å². The van der Waals surface area contributed by atoms with Crippen molar-refractivity contribution in [3.05, 3.63) is 65.6 Å². The van der Waals surface area contributed by atoms with E-state index in [-0.39, 0.29) is 17.8 Å². The standard InChI is InChI=1S/C22H25FN4O/c1-3-16-7-12-20(19(23)14-16)27-15(2)25-26-22(27)17-8-10-18(11-9-17)28-21-6-4-5-13-24-21/h4-7,12-14,17-18H,3,8-11H2,1-2H3/t17-,18-. The first-order valence-electron chi connectivity index (χ1n) is 9.94. The Kier molecular flexibility index (Phi) is 5.37. The summed E-state index contributed by atoms with van der Waals surface area (Å²) in [4.78, 5) is 4.24. The molecule has 5 nitrogen and oxygen atoms in total. The molecule has 146 valence electrons. The number of nitrogens with zero attached hydrogens (tertiary/aromatic N) is 4. The number of benzene rings is 1. The van der Waals surface area contributed by atoms with Crippen LogP contribution >= 0.6 is 0 Å². The Morgan fingerprint density at radius 1 is 1.11 bits per heavy atom. The van der Waals surface area contributed by atoms with Crippen molar-refractivity contribution in [2.45, 2.75) is 58.0 Å². The van der Waals surface area contributed by atoms with Crippen LogP contribution in [0.15, 0.2) is 42.6 Å². The second-order valence-corrected chi connectivity index (χ2v) is 7.34. The van der Waals surface area contributed by atoms with Gasteiger partial charge in [-0.05, 0) is 62.8 Å². The molecule has 0 aliphatic heterocycles. The van der Waals surface area contributed by atoms with Crippen LogP contribution in [-0.4, -0.2) is 25.9 Å². The zero-order valence-corrected chi connectivity index (χ0v) is 16.3. The van der Waals surface area contributed by atoms with Gasteiger partial charge < -0.3 is 4.74 Å². The number of aryl methyl sites for hydroxylation is 2. The third-order valence-corrected chi connectivity index (χ3v) is 5.48. The lowest BCUT2D eigenvalue weighted by Crippen LogP contribution is -2.25. The highest BCUT2D eigenvalue weighted by atomic mass is 19.1. The average Bonchev–Trinajstić information content (AvgIpc) is 3.10. The van der Waals surface area contributed by atoms with Gasteiger partial charge in [0.05, 0.1) is 5.69 Å². The molecule has 0 unspecified atom stereocenters. The van der Waals surface area contributed by atoms with Crippen molar-refractivity contribution >= 4 is 0 Å². The number of aromatic nitrogens is 4. The third-order valence-electron chi connectivity index (χ3n) is 5.48. The number of ether oxygens (including phenoxy) is 1. The minimum absolute atomic E-state index is 0.157. The lowest BCUT2D eigenvalue weighted by Gasteiger charge is -2.28. The number of halogens is 1. The Labute approximate surface area is 164 Å². The zero-order valence-electron chi connectivity index (χ0n) is 16.3. The molecule has 2 aromatic heterocycles. The molecule has 2 heterocycles. The summed E-state index contributed by atoms with van der Waals surface area (Å²) in [6.07, 6.45) is 6.42. The number of pyridine rings is 1. The van der Waals surface area contributed by atoms with E-state index in [0.29, 0.717) is 17.4 Å². The zero-order chi connectivity index (χ0) is 19.5. The molecule has 1 aliphatic carbocycles. The largest absolute Gasteiger partial charge is 0.474 e. The van der Waals surface area contributed by atoms with Crippen molar-refractivity contribution in [3.8, 4) is 11.6 Å². The van der Waals surface area contributed by atoms with Gasteiger partial charge >= 0.3 is 0 Å². The first kappa shape index (κ1) is 18.6. The van der Waals surface area contributed by atoms with Crippen molar-refractivity contribution in [3.63, 3.8) is 0 Å². The summed E-state index contributed by atoms with van der Waals surface area (Å²) in [6, 6.07) is 11.1. The van der Waals surface area contributed by atoms with Crippen molar-refractivity contribution in [2.75, 3.05) is 0 Å². The first-order valence-corrected chi connectivity index (χ1v) is 9.94. The van der Waals surface area contributed by atoms with Crippen LogP contribution in [0, 0.1) is 12.7 Å². The van der Waals surface area contributed by atoms with Crippen LogP contribution in [0.2, 0.25) is 0 Å². The summed E-state index contributed by atoms with van der Waals surface area (Å²) < 4.78 is 22.6. The van der Waals surface area contributed by atoms with E-state index in [1.165, 1.54) is 0 Å². The number of rotatable bonds is 5. The van der Waals surface area contributed by atoms with Crippen molar-refractivity contribution in [2.24, 2.45) is 0 Å². The molecule has 28 heavy (non-hydrogen) atoms. The van der Waals surface area contributed by atoms with E-state index >= 15 is 0 Å². The Hall–Kier alpha value is -2.76. The summed E-state index contributed by atoms with van der Waals surface area (Å²) in [5, 5.41) is 8.65. The molecule has 1 aliphatic rings. The number of hydrogen-bond donors (Lipinski definition) is 0. The molecule has 1 fully saturated rings. The molecule has 0 amide bonds. The van der Waals surface area contributed by atoms with Crippen molar-refractivity contribution < 1.29 is 9.13 Å². The summed E-state index contributed by atoms with van der Waals surface area (Å²) in [6.45, 7) is 3.90. The van der Waals surface area contributed by atoms with Crippen LogP contribution < -0.4 is 4.74 Å². The fourth-order valence-electron chi connectivity index (χ4n) is 3.92. The lowest BCUT2D eigenvalue weighted by molar-refractivity contribution is 0.139. The molecule has 1 aromatic carbocycles. The van der Waals surface area contributed by atoms with E-state index < -0.39 is 0 Å². The first-order chi connectivity index (χ1) is 13.7. The van der Waals surface area contributed by atoms with E-state index in [0.717, 1.165) is 43.5 Å². The maximum Gasteiger partial charge on any atom is 0.213 e. The van der Waals surface area contributed by atoms with E-state index in [4.69, 9.17) is 4.74 Å². The maximum atomic E-state index is 14.7. The summed E-state index contributed by atoms with van der Waals surface area (Å²) in [5.74, 6) is 2.25. The molecular formula is C22H25FN4O. The normalized spacial score (nSPS) is 19.5. The van der Waals surface area contributed by atoms with Gasteiger partial charge in [-0.15, -0.1) is 10.2 Å². The van der Waals surface area contributed by atoms with Crippen LogP contribution in [0.25, 0.3) is 5.69 Å². The minimum Gasteiger partial charge on any atom is -0.474 e. The smallest absolute Gasteiger partial charge is 0.213 e. The predicted molar refractivity (Wildman–Crippen MR) is 105 cm³/mol. The quantitative estimate of drug-likeness (QED) is 0.639. The highest BCUT2D eigenvalue weighted by molar-refractivity contribution is 5.39. The second-order valence-electron chi connectivity index (χ2n) is 7.34. The molecule has 0 N–H and O–H groups in total. The van der Waals surface area contributed by atoms with E-state index in [1.54, 1.807) is 12.3 Å². The highest BCUT2D eigenvalue weighted by Crippen LogP contribution is 2.35. The second kappa shape index (κ2) is 8.09. The van der Waals surface area contributed by atoms with Gasteiger partial charge in [-0.2, -0.15) is 0 Å². The van der Waals surface area contributed by atoms with Gasteiger partial charge in [0.15, 0.2) is 0 Å². The van der Waals surface area contributed by atoms with E-state index in [1.807, 2.05) is 48.7 Å². The Bertz CT molecular complexity index is 933. The van der Waals surface area contributed by atoms with Crippen LogP contribution in [0.4, 0.5) is 4.39 Å². The molecule has 4 rings (SSSR count). The van der Waals surface area contributed by atoms with Crippen molar-refractivity contribution in [1.82, 2.24) is 19.7 Å². The Morgan fingerprint density at radius 2 is 1.93 bits per heavy atom. The molecular weight excluding hydrogens is 355 g/mol. The van der Waals surface area contributed by atoms with Gasteiger partial charge in [0.1, 0.15) is 23.6 Å². The van der Waals surface area contributed by atoms with Crippen LogP contribution in [0.1, 0.15) is 55.7 Å². The van der Waals surface area contributed by atoms with Gasteiger partial charge in [0, 0.05) is 18.2 Å². The van der Waals surface area contributed by atoms with Gasteiger partial charge in [0.2, 0.25) is 5.88 Å². The monoisotopic (exact) mass is 380 g/mol. The fraction of sp³-hybridized carbons (Fsp3) is 0.409. The third kappa shape index (κ3) is 3.77. The molecule has 0 bridgehead atoms. The molecule has 3 aromatic rings. The molecule has 0 spiro atoms. The fourth-order valence-corrected chi connectivity index (χ4v) is 3.92. The van der Waals surface area contributed by atoms with Gasteiger partial charge in [0.25, 0.3) is 0 Å². The topological polar surface area (TPSA) is 52.8 Å². The maximum absolute atomic E-state index is 14.7. The van der Waals surface area contributed by atoms with Crippen LogP contribution in [-0.2, 0) is 6.42 Å². The predicted octanol–water partition coefficient (Wildman–Crippen LogP) is 4.78. The summed E-state index contributed by atoms with van der Waals surface area (Å²) in [7, 11) is 0. The van der Waals surface area contributed by atoms with Gasteiger partial charge in [-0.1, -0.05) is 19.1 Å². The molecule has 0 saturated heterocycles. The highest BCUT2D eigenvalue weighted by Gasteiger charge is 2.28. The molecule has 0 radical (unpaired) electrons. The van der Waals surface area contributed by atoms with E-state index in [2.05, 4.69) is 15.2 Å². The molecule has 6 heteroatoms. The summed E-state index contributed by atoms with van der Waals surface area (Å²) in [5.41, 5.74) is 1.52. The minimum atomic E-state index is -0.226. The molecule has 1 saturated carbocycles. The number of hydrogen-bond acceptors (Lipinski definition) is 4. The lowest BCUT2D eigenvalue weighted by atomic mass is 9.86. The van der Waals surface area contributed by atoms with Gasteiger partial charge in [-0.3, -0.25) is 4.57 Å². The molecule has 0 atom stereocenters. The van der Waals surface area contributed by atoms with E-state index in [9.17, 15) is 4.39 Å².